The smallest absolute Gasteiger partial charge is 0.138 e. The van der Waals surface area contributed by atoms with Gasteiger partial charge in [0, 0.05) is 36.7 Å². The molecule has 0 saturated carbocycles. The number of piperazine rings is 1. The summed E-state index contributed by atoms with van der Waals surface area (Å²) in [5, 5.41) is 0. The van der Waals surface area contributed by atoms with Crippen LogP contribution in [0.3, 0.4) is 0 Å². The van der Waals surface area contributed by atoms with Crippen LogP contribution in [0.2, 0.25) is 0 Å². The maximum atomic E-state index is 5.97. The monoisotopic (exact) mass is 277 g/mol. The van der Waals surface area contributed by atoms with Crippen molar-refractivity contribution >= 4 is 11.6 Å². The maximum Gasteiger partial charge on any atom is 0.138 e. The number of hydrogen-bond donors (Lipinski definition) is 1. The number of aromatic nitrogens is 2. The number of anilines is 2. The molecule has 0 bridgehead atoms. The number of nitrogens with two attached hydrogens (primary N) is 1. The van der Waals surface area contributed by atoms with Gasteiger partial charge in [-0.05, 0) is 20.9 Å². The summed E-state index contributed by atoms with van der Waals surface area (Å²) in [4.78, 5) is 13.8. The molecule has 0 aromatic carbocycles. The minimum absolute atomic E-state index is 0.0910. The van der Waals surface area contributed by atoms with Gasteiger partial charge in [0.15, 0.2) is 0 Å². The Morgan fingerprint density at radius 1 is 1.20 bits per heavy atom. The average molecular weight is 277 g/mol. The lowest BCUT2D eigenvalue weighted by Crippen LogP contribution is -2.58. The van der Waals surface area contributed by atoms with E-state index in [4.69, 9.17) is 10.7 Å². The largest absolute Gasteiger partial charge is 0.384 e. The van der Waals surface area contributed by atoms with Crippen molar-refractivity contribution in [3.05, 3.63) is 11.9 Å². The van der Waals surface area contributed by atoms with Crippen LogP contribution in [-0.2, 0) is 5.41 Å². The highest BCUT2D eigenvalue weighted by Gasteiger charge is 2.32. The molecule has 1 aliphatic rings. The quantitative estimate of drug-likeness (QED) is 0.849. The summed E-state index contributed by atoms with van der Waals surface area (Å²) in [5.74, 6) is 2.31. The van der Waals surface area contributed by atoms with Crippen LogP contribution in [0, 0.1) is 0 Å². The molecule has 0 radical (unpaired) electrons. The van der Waals surface area contributed by atoms with Crippen LogP contribution in [0.4, 0.5) is 11.6 Å². The summed E-state index contributed by atoms with van der Waals surface area (Å²) in [5.41, 5.74) is 6.02. The van der Waals surface area contributed by atoms with E-state index in [0.29, 0.717) is 5.82 Å². The Labute approximate surface area is 122 Å². The van der Waals surface area contributed by atoms with E-state index >= 15 is 0 Å². The third-order valence-corrected chi connectivity index (χ3v) is 4.04. The minimum Gasteiger partial charge on any atom is -0.384 e. The second-order valence-electron chi connectivity index (χ2n) is 7.38. The summed E-state index contributed by atoms with van der Waals surface area (Å²) in [7, 11) is 2.17. The topological polar surface area (TPSA) is 58.3 Å². The van der Waals surface area contributed by atoms with E-state index in [-0.39, 0.29) is 11.0 Å². The molecule has 1 saturated heterocycles. The number of nitrogens with zero attached hydrogens (tertiary/aromatic N) is 4. The predicted octanol–water partition coefficient (Wildman–Crippen LogP) is 1.89. The van der Waals surface area contributed by atoms with Crippen LogP contribution in [-0.4, -0.2) is 47.1 Å². The summed E-state index contributed by atoms with van der Waals surface area (Å²) < 4.78 is 0. The van der Waals surface area contributed by atoms with Crippen LogP contribution in [0.15, 0.2) is 6.07 Å². The molecule has 0 atom stereocenters. The number of rotatable bonds is 1. The molecular weight excluding hydrogens is 250 g/mol. The van der Waals surface area contributed by atoms with Gasteiger partial charge in [0.2, 0.25) is 0 Å². The van der Waals surface area contributed by atoms with Gasteiger partial charge in [0.25, 0.3) is 0 Å². The first kappa shape index (κ1) is 15.0. The fourth-order valence-corrected chi connectivity index (χ4v) is 2.39. The van der Waals surface area contributed by atoms with E-state index < -0.39 is 0 Å². The Hall–Kier alpha value is -1.36. The van der Waals surface area contributed by atoms with E-state index in [1.54, 1.807) is 0 Å². The van der Waals surface area contributed by atoms with Gasteiger partial charge in [0.1, 0.15) is 17.5 Å². The van der Waals surface area contributed by atoms with Crippen LogP contribution < -0.4 is 10.6 Å². The van der Waals surface area contributed by atoms with E-state index in [2.05, 4.69) is 56.5 Å². The number of likely N-dealkylation sites (N-methyl/N-ethyl adjacent to an activating group) is 1. The molecule has 0 spiro atoms. The van der Waals surface area contributed by atoms with Gasteiger partial charge in [-0.25, -0.2) is 9.97 Å². The summed E-state index contributed by atoms with van der Waals surface area (Å²) in [6.07, 6.45) is 0. The molecule has 0 unspecified atom stereocenters. The first-order valence-corrected chi connectivity index (χ1v) is 7.21. The molecule has 2 heterocycles. The molecule has 2 N–H and O–H groups in total. The van der Waals surface area contributed by atoms with Crippen LogP contribution in [0.1, 0.15) is 40.4 Å². The highest BCUT2D eigenvalue weighted by molar-refractivity contribution is 5.48. The van der Waals surface area contributed by atoms with Crippen LogP contribution >= 0.6 is 0 Å². The summed E-state index contributed by atoms with van der Waals surface area (Å²) >= 11 is 0. The van der Waals surface area contributed by atoms with Gasteiger partial charge >= 0.3 is 0 Å². The Morgan fingerprint density at radius 3 is 2.40 bits per heavy atom. The fourth-order valence-electron chi connectivity index (χ4n) is 2.39. The lowest BCUT2D eigenvalue weighted by atomic mass is 9.95. The highest BCUT2D eigenvalue weighted by atomic mass is 15.3. The van der Waals surface area contributed by atoms with Gasteiger partial charge in [-0.15, -0.1) is 0 Å². The molecule has 1 aliphatic heterocycles. The second kappa shape index (κ2) is 4.88. The molecule has 2 rings (SSSR count). The summed E-state index contributed by atoms with van der Waals surface area (Å²) in [6, 6.07) is 1.89. The van der Waals surface area contributed by atoms with Gasteiger partial charge in [-0.3, -0.25) is 4.90 Å². The van der Waals surface area contributed by atoms with Crippen molar-refractivity contribution < 1.29 is 0 Å². The van der Waals surface area contributed by atoms with Crippen molar-refractivity contribution in [1.29, 1.82) is 0 Å². The third kappa shape index (κ3) is 3.03. The van der Waals surface area contributed by atoms with Crippen molar-refractivity contribution in [1.82, 2.24) is 14.9 Å². The Morgan fingerprint density at radius 2 is 1.85 bits per heavy atom. The SMILES string of the molecule is CN1CCN(c2cc(N)nc(C(C)(C)C)n2)CC1(C)C. The van der Waals surface area contributed by atoms with Crippen molar-refractivity contribution in [3.63, 3.8) is 0 Å². The highest BCUT2D eigenvalue weighted by Crippen LogP contribution is 2.26. The Balaban J connectivity index is 2.32. The average Bonchev–Trinajstić information content (AvgIpc) is 2.30. The third-order valence-electron chi connectivity index (χ3n) is 4.04. The first-order chi connectivity index (χ1) is 9.09. The fraction of sp³-hybridized carbons (Fsp3) is 0.733. The van der Waals surface area contributed by atoms with Gasteiger partial charge in [-0.1, -0.05) is 20.8 Å². The molecule has 1 aromatic heterocycles. The minimum atomic E-state index is -0.0910. The molecule has 0 aliphatic carbocycles. The van der Waals surface area contributed by atoms with Gasteiger partial charge < -0.3 is 10.6 Å². The van der Waals surface area contributed by atoms with E-state index in [9.17, 15) is 0 Å². The molecule has 1 aromatic rings. The Kier molecular flexibility index (Phi) is 3.67. The van der Waals surface area contributed by atoms with E-state index in [1.165, 1.54) is 0 Å². The number of nitrogen functional groups attached to an aromatic ring is 1. The Bertz CT molecular complexity index is 490. The lowest BCUT2D eigenvalue weighted by molar-refractivity contribution is 0.138. The van der Waals surface area contributed by atoms with Gasteiger partial charge in [-0.2, -0.15) is 0 Å². The first-order valence-electron chi connectivity index (χ1n) is 7.21. The molecule has 0 amide bonds. The molecule has 5 heteroatoms. The van der Waals surface area contributed by atoms with Crippen molar-refractivity contribution in [2.75, 3.05) is 37.3 Å². The molecule has 5 nitrogen and oxygen atoms in total. The normalized spacial score (nSPS) is 20.2. The standard InChI is InChI=1S/C15H27N5/c1-14(2,3)13-17-11(16)9-12(18-13)20-8-7-19(6)15(4,5)10-20/h9H,7-8,10H2,1-6H3,(H2,16,17,18). The van der Waals surface area contributed by atoms with Crippen molar-refractivity contribution in [2.24, 2.45) is 0 Å². The zero-order valence-electron chi connectivity index (χ0n) is 13.6. The van der Waals surface area contributed by atoms with Crippen LogP contribution in [0.25, 0.3) is 0 Å². The van der Waals surface area contributed by atoms with E-state index in [1.807, 2.05) is 6.07 Å². The zero-order chi connectivity index (χ0) is 15.1. The molecule has 1 fully saturated rings. The molecular formula is C15H27N5. The molecule has 112 valence electrons. The second-order valence-corrected chi connectivity index (χ2v) is 7.38. The molecule has 20 heavy (non-hydrogen) atoms. The predicted molar refractivity (Wildman–Crippen MR) is 84.1 cm³/mol. The van der Waals surface area contributed by atoms with Crippen LogP contribution in [0.5, 0.6) is 0 Å². The van der Waals surface area contributed by atoms with Crippen molar-refractivity contribution in [3.8, 4) is 0 Å². The zero-order valence-corrected chi connectivity index (χ0v) is 13.6. The number of hydrogen-bond acceptors (Lipinski definition) is 5. The van der Waals surface area contributed by atoms with Gasteiger partial charge in [0.05, 0.1) is 0 Å². The summed E-state index contributed by atoms with van der Waals surface area (Å²) in [6.45, 7) is 13.8. The van der Waals surface area contributed by atoms with Crippen molar-refractivity contribution in [2.45, 2.75) is 45.6 Å². The maximum absolute atomic E-state index is 5.97. The lowest BCUT2D eigenvalue weighted by Gasteiger charge is -2.45. The van der Waals surface area contributed by atoms with E-state index in [0.717, 1.165) is 31.3 Å².